The summed E-state index contributed by atoms with van der Waals surface area (Å²) in [6, 6.07) is 5.91. The molecule has 1 aromatic heterocycles. The van der Waals surface area contributed by atoms with Crippen LogP contribution in [0.3, 0.4) is 0 Å². The summed E-state index contributed by atoms with van der Waals surface area (Å²) in [6.45, 7) is -0.0502. The molecule has 0 saturated carbocycles. The molecule has 1 aromatic carbocycles. The van der Waals surface area contributed by atoms with Gasteiger partial charge in [-0.1, -0.05) is 0 Å². The number of nitro groups is 1. The van der Waals surface area contributed by atoms with Gasteiger partial charge in [0, 0.05) is 29.5 Å². The number of non-ortho nitro benzene ring substituents is 1. The fourth-order valence-electron chi connectivity index (χ4n) is 1.78. The van der Waals surface area contributed by atoms with E-state index in [9.17, 15) is 14.9 Å². The summed E-state index contributed by atoms with van der Waals surface area (Å²) in [5, 5.41) is 23.8. The third-order valence-corrected chi connectivity index (χ3v) is 2.80. The highest BCUT2D eigenvalue weighted by atomic mass is 16.6. The van der Waals surface area contributed by atoms with E-state index in [0.29, 0.717) is 11.1 Å². The number of carbonyl (C=O) groups is 1. The highest BCUT2D eigenvalue weighted by molar-refractivity contribution is 5.72. The minimum absolute atomic E-state index is 0.0502. The van der Waals surface area contributed by atoms with Gasteiger partial charge >= 0.3 is 5.97 Å². The Labute approximate surface area is 119 Å². The number of carbonyl (C=O) groups excluding carboxylic acids is 1. The third-order valence-electron chi connectivity index (χ3n) is 2.80. The highest BCUT2D eigenvalue weighted by Crippen LogP contribution is 2.26. The van der Waals surface area contributed by atoms with Crippen molar-refractivity contribution in [3.63, 3.8) is 0 Å². The molecule has 0 N–H and O–H groups in total. The van der Waals surface area contributed by atoms with Crippen molar-refractivity contribution in [2.45, 2.75) is 6.54 Å². The number of benzene rings is 1. The number of esters is 1. The van der Waals surface area contributed by atoms with E-state index in [1.807, 2.05) is 6.07 Å². The maximum Gasteiger partial charge on any atom is 0.327 e. The molecule has 106 valence electrons. The molecule has 0 amide bonds. The van der Waals surface area contributed by atoms with Gasteiger partial charge in [-0.05, 0) is 6.07 Å². The Hall–Kier alpha value is -3.21. The Morgan fingerprint density at radius 1 is 1.57 bits per heavy atom. The number of nitriles is 1. The SMILES string of the molecule is COC(=O)Cn1cc(-c2ccc([N+](=O)[O-])cc2C#N)cn1. The van der Waals surface area contributed by atoms with E-state index in [0.717, 1.165) is 0 Å². The van der Waals surface area contributed by atoms with E-state index in [4.69, 9.17) is 5.26 Å². The molecule has 0 bridgehead atoms. The number of rotatable bonds is 4. The smallest absolute Gasteiger partial charge is 0.327 e. The lowest BCUT2D eigenvalue weighted by Gasteiger charge is -2.01. The third kappa shape index (κ3) is 3.03. The predicted octanol–water partition coefficient (Wildman–Crippen LogP) is 1.50. The number of hydrogen-bond acceptors (Lipinski definition) is 6. The van der Waals surface area contributed by atoms with Gasteiger partial charge in [-0.25, -0.2) is 0 Å². The van der Waals surface area contributed by atoms with E-state index >= 15 is 0 Å². The molecule has 8 heteroatoms. The van der Waals surface area contributed by atoms with Gasteiger partial charge in [-0.3, -0.25) is 19.6 Å². The van der Waals surface area contributed by atoms with E-state index in [-0.39, 0.29) is 17.8 Å². The molecule has 8 nitrogen and oxygen atoms in total. The number of ether oxygens (including phenoxy) is 1. The minimum atomic E-state index is -0.564. The maximum absolute atomic E-state index is 11.2. The zero-order valence-electron chi connectivity index (χ0n) is 11.0. The molecule has 0 saturated heterocycles. The summed E-state index contributed by atoms with van der Waals surface area (Å²) in [5.41, 5.74) is 1.11. The standard InChI is InChI=1S/C13H10N4O4/c1-21-13(18)8-16-7-10(6-15-16)12-3-2-11(17(19)20)4-9(12)5-14/h2-4,6-7H,8H2,1H3. The van der Waals surface area contributed by atoms with Gasteiger partial charge in [0.15, 0.2) is 0 Å². The molecule has 0 atom stereocenters. The Bertz CT molecular complexity index is 745. The molecule has 0 fully saturated rings. The van der Waals surface area contributed by atoms with Crippen molar-refractivity contribution in [1.29, 1.82) is 5.26 Å². The second kappa shape index (κ2) is 5.83. The number of aromatic nitrogens is 2. The quantitative estimate of drug-likeness (QED) is 0.478. The van der Waals surface area contributed by atoms with E-state index < -0.39 is 10.9 Å². The first kappa shape index (κ1) is 14.2. The lowest BCUT2D eigenvalue weighted by molar-refractivity contribution is -0.384. The second-order valence-corrected chi connectivity index (χ2v) is 4.10. The Kier molecular flexibility index (Phi) is 3.95. The predicted molar refractivity (Wildman–Crippen MR) is 71.0 cm³/mol. The normalized spacial score (nSPS) is 9.90. The van der Waals surface area contributed by atoms with Gasteiger partial charge in [0.25, 0.3) is 5.69 Å². The van der Waals surface area contributed by atoms with Gasteiger partial charge in [-0.15, -0.1) is 0 Å². The summed E-state index contributed by atoms with van der Waals surface area (Å²) in [4.78, 5) is 21.3. The largest absolute Gasteiger partial charge is 0.468 e. The molecule has 0 spiro atoms. The number of nitro benzene ring substituents is 1. The van der Waals surface area contributed by atoms with Crippen molar-refractivity contribution in [2.75, 3.05) is 7.11 Å². The average Bonchev–Trinajstić information content (AvgIpc) is 2.94. The molecule has 0 radical (unpaired) electrons. The summed E-state index contributed by atoms with van der Waals surface area (Å²) in [6.07, 6.45) is 3.05. The number of nitrogens with zero attached hydrogens (tertiary/aromatic N) is 4. The molecular formula is C13H10N4O4. The van der Waals surface area contributed by atoms with Crippen LogP contribution in [0.4, 0.5) is 5.69 Å². The van der Waals surface area contributed by atoms with Crippen LogP contribution in [0, 0.1) is 21.4 Å². The van der Waals surface area contributed by atoms with Crippen molar-refractivity contribution in [2.24, 2.45) is 0 Å². The highest BCUT2D eigenvalue weighted by Gasteiger charge is 2.13. The molecule has 1 heterocycles. The number of hydrogen-bond donors (Lipinski definition) is 0. The number of methoxy groups -OCH3 is 1. The van der Waals surface area contributed by atoms with Gasteiger partial charge in [0.1, 0.15) is 12.6 Å². The van der Waals surface area contributed by atoms with Crippen LogP contribution in [-0.4, -0.2) is 27.8 Å². The second-order valence-electron chi connectivity index (χ2n) is 4.10. The van der Waals surface area contributed by atoms with Gasteiger partial charge in [0.05, 0.1) is 23.8 Å². The van der Waals surface area contributed by atoms with Crippen LogP contribution in [0.5, 0.6) is 0 Å². The summed E-state index contributed by atoms with van der Waals surface area (Å²) in [5.74, 6) is -0.450. The van der Waals surface area contributed by atoms with Crippen LogP contribution in [-0.2, 0) is 16.1 Å². The summed E-state index contributed by atoms with van der Waals surface area (Å²) in [7, 11) is 1.27. The lowest BCUT2D eigenvalue weighted by atomic mass is 10.0. The van der Waals surface area contributed by atoms with Crippen LogP contribution in [0.15, 0.2) is 30.6 Å². The summed E-state index contributed by atoms with van der Waals surface area (Å²) >= 11 is 0. The first-order chi connectivity index (χ1) is 10.0. The topological polar surface area (TPSA) is 111 Å². The van der Waals surface area contributed by atoms with E-state index in [1.54, 1.807) is 6.20 Å². The van der Waals surface area contributed by atoms with Crippen molar-refractivity contribution in [3.8, 4) is 17.2 Å². The molecular weight excluding hydrogens is 276 g/mol. The Balaban J connectivity index is 2.36. The van der Waals surface area contributed by atoms with Crippen LogP contribution >= 0.6 is 0 Å². The average molecular weight is 286 g/mol. The van der Waals surface area contributed by atoms with Crippen LogP contribution in [0.2, 0.25) is 0 Å². The molecule has 0 unspecified atom stereocenters. The fraction of sp³-hybridized carbons (Fsp3) is 0.154. The lowest BCUT2D eigenvalue weighted by Crippen LogP contribution is -2.11. The van der Waals surface area contributed by atoms with Crippen molar-refractivity contribution < 1.29 is 14.5 Å². The van der Waals surface area contributed by atoms with Crippen LogP contribution < -0.4 is 0 Å². The van der Waals surface area contributed by atoms with Crippen LogP contribution in [0.1, 0.15) is 5.56 Å². The zero-order chi connectivity index (χ0) is 15.4. The van der Waals surface area contributed by atoms with Crippen LogP contribution in [0.25, 0.3) is 11.1 Å². The van der Waals surface area contributed by atoms with Gasteiger partial charge < -0.3 is 4.74 Å². The first-order valence-electron chi connectivity index (χ1n) is 5.83. The zero-order valence-corrected chi connectivity index (χ0v) is 11.0. The van der Waals surface area contributed by atoms with Crippen molar-refractivity contribution >= 4 is 11.7 Å². The molecule has 0 aliphatic rings. The molecule has 2 aromatic rings. The summed E-state index contributed by atoms with van der Waals surface area (Å²) < 4.78 is 5.89. The maximum atomic E-state index is 11.2. The molecule has 0 aliphatic heterocycles. The minimum Gasteiger partial charge on any atom is -0.468 e. The molecule has 21 heavy (non-hydrogen) atoms. The van der Waals surface area contributed by atoms with Crippen molar-refractivity contribution in [3.05, 3.63) is 46.3 Å². The Morgan fingerprint density at radius 2 is 2.33 bits per heavy atom. The Morgan fingerprint density at radius 3 is 2.95 bits per heavy atom. The van der Waals surface area contributed by atoms with E-state index in [2.05, 4.69) is 9.84 Å². The van der Waals surface area contributed by atoms with Gasteiger partial charge in [-0.2, -0.15) is 10.4 Å². The van der Waals surface area contributed by atoms with Crippen molar-refractivity contribution in [1.82, 2.24) is 9.78 Å². The molecule has 0 aliphatic carbocycles. The first-order valence-corrected chi connectivity index (χ1v) is 5.83. The fourth-order valence-corrected chi connectivity index (χ4v) is 1.78. The van der Waals surface area contributed by atoms with Gasteiger partial charge in [0.2, 0.25) is 0 Å². The molecule has 2 rings (SSSR count). The monoisotopic (exact) mass is 286 g/mol. The van der Waals surface area contributed by atoms with E-state index in [1.165, 1.54) is 36.2 Å².